The number of amides is 1. The van der Waals surface area contributed by atoms with Crippen molar-refractivity contribution in [1.82, 2.24) is 25.5 Å². The van der Waals surface area contributed by atoms with Gasteiger partial charge in [0.1, 0.15) is 11.6 Å². The van der Waals surface area contributed by atoms with Gasteiger partial charge in [0.15, 0.2) is 0 Å². The van der Waals surface area contributed by atoms with Crippen LogP contribution in [0.2, 0.25) is 0 Å². The Morgan fingerprint density at radius 2 is 2.00 bits per heavy atom. The third kappa shape index (κ3) is 4.85. The number of hydrogen-bond acceptors (Lipinski definition) is 7. The van der Waals surface area contributed by atoms with Crippen LogP contribution < -0.4 is 10.2 Å². The highest BCUT2D eigenvalue weighted by Gasteiger charge is 2.21. The van der Waals surface area contributed by atoms with Crippen LogP contribution >= 0.6 is 0 Å². The van der Waals surface area contributed by atoms with Crippen LogP contribution in [0.25, 0.3) is 5.57 Å². The average Bonchev–Trinajstić information content (AvgIpc) is 3.23. The van der Waals surface area contributed by atoms with Crippen molar-refractivity contribution in [2.75, 3.05) is 36.4 Å². The third-order valence-corrected chi connectivity index (χ3v) is 4.54. The number of tetrazole rings is 1. The van der Waals surface area contributed by atoms with Gasteiger partial charge >= 0.3 is 0 Å². The number of carbonyl (C=O) groups is 1. The lowest BCUT2D eigenvalue weighted by Gasteiger charge is -2.36. The molecule has 2 N–H and O–H groups in total. The maximum absolute atomic E-state index is 12.2. The lowest BCUT2D eigenvalue weighted by molar-refractivity contribution is -0.132. The number of piperazine rings is 1. The van der Waals surface area contributed by atoms with E-state index in [0.29, 0.717) is 17.9 Å². The summed E-state index contributed by atoms with van der Waals surface area (Å²) >= 11 is 0. The summed E-state index contributed by atoms with van der Waals surface area (Å²) in [4.78, 5) is 16.4. The molecule has 0 bridgehead atoms. The summed E-state index contributed by atoms with van der Waals surface area (Å²) in [7, 11) is 0. The van der Waals surface area contributed by atoms with Gasteiger partial charge in [-0.15, -0.1) is 10.2 Å². The molecule has 0 saturated carbocycles. The van der Waals surface area contributed by atoms with E-state index in [9.17, 15) is 10.1 Å². The molecule has 1 aliphatic heterocycles. The number of carbonyl (C=O) groups excluding carboxylic acids is 1. The van der Waals surface area contributed by atoms with E-state index < -0.39 is 0 Å². The second-order valence-electron chi connectivity index (χ2n) is 7.06. The fourth-order valence-electron chi connectivity index (χ4n) is 3.04. The summed E-state index contributed by atoms with van der Waals surface area (Å²) in [5.74, 6) is 0.883. The number of rotatable bonds is 6. The van der Waals surface area contributed by atoms with Crippen molar-refractivity contribution in [2.24, 2.45) is 5.92 Å². The molecule has 3 rings (SSSR count). The Balaban J connectivity index is 1.55. The Bertz CT molecular complexity index is 843. The van der Waals surface area contributed by atoms with Gasteiger partial charge in [0.25, 0.3) is 0 Å². The molecule has 1 aromatic heterocycles. The van der Waals surface area contributed by atoms with Crippen LogP contribution in [0.4, 0.5) is 11.4 Å². The summed E-state index contributed by atoms with van der Waals surface area (Å²) in [6.45, 7) is 7.30. The van der Waals surface area contributed by atoms with E-state index >= 15 is 0 Å². The van der Waals surface area contributed by atoms with Crippen molar-refractivity contribution in [3.63, 3.8) is 0 Å². The van der Waals surface area contributed by atoms with E-state index in [1.807, 2.05) is 35.2 Å². The molecule has 1 fully saturated rings. The molecule has 1 aliphatic rings. The van der Waals surface area contributed by atoms with Crippen LogP contribution in [0.15, 0.2) is 30.5 Å². The van der Waals surface area contributed by atoms with E-state index in [1.54, 1.807) is 6.20 Å². The molecule has 0 atom stereocenters. The van der Waals surface area contributed by atoms with Gasteiger partial charge in [-0.2, -0.15) is 10.5 Å². The van der Waals surface area contributed by atoms with Crippen molar-refractivity contribution in [3.8, 4) is 6.07 Å². The molecular formula is C19H24N8O. The van der Waals surface area contributed by atoms with Crippen LogP contribution in [0, 0.1) is 17.2 Å². The first kappa shape index (κ1) is 19.4. The van der Waals surface area contributed by atoms with Gasteiger partial charge < -0.3 is 15.1 Å². The van der Waals surface area contributed by atoms with Crippen molar-refractivity contribution >= 4 is 22.9 Å². The molecule has 9 nitrogen and oxygen atoms in total. The van der Waals surface area contributed by atoms with Crippen molar-refractivity contribution in [3.05, 3.63) is 36.3 Å². The van der Waals surface area contributed by atoms with Gasteiger partial charge in [0, 0.05) is 50.2 Å². The Labute approximate surface area is 164 Å². The minimum Gasteiger partial charge on any atom is -0.368 e. The number of allylic oxidation sites excluding steroid dienone is 1. The van der Waals surface area contributed by atoms with E-state index in [-0.39, 0.29) is 11.7 Å². The second-order valence-corrected chi connectivity index (χ2v) is 7.06. The minimum atomic E-state index is 0.246. The Kier molecular flexibility index (Phi) is 6.22. The Hall–Kier alpha value is -3.41. The Morgan fingerprint density at radius 1 is 1.29 bits per heavy atom. The van der Waals surface area contributed by atoms with Gasteiger partial charge in [-0.1, -0.05) is 13.8 Å². The zero-order valence-electron chi connectivity index (χ0n) is 16.1. The maximum atomic E-state index is 12.2. The zero-order valence-corrected chi connectivity index (χ0v) is 16.1. The molecule has 2 aromatic rings. The summed E-state index contributed by atoms with van der Waals surface area (Å²) in [6, 6.07) is 10.00. The van der Waals surface area contributed by atoms with Gasteiger partial charge in [-0.3, -0.25) is 4.79 Å². The molecule has 1 saturated heterocycles. The third-order valence-electron chi connectivity index (χ3n) is 4.54. The van der Waals surface area contributed by atoms with Crippen LogP contribution in [0.1, 0.15) is 26.1 Å². The quantitative estimate of drug-likeness (QED) is 0.735. The number of aromatic nitrogens is 4. The van der Waals surface area contributed by atoms with Crippen molar-refractivity contribution in [1.29, 1.82) is 5.26 Å². The number of hydrogen-bond donors (Lipinski definition) is 2. The number of aromatic amines is 1. The highest BCUT2D eigenvalue weighted by atomic mass is 16.2. The van der Waals surface area contributed by atoms with E-state index in [4.69, 9.17) is 0 Å². The van der Waals surface area contributed by atoms with Crippen molar-refractivity contribution in [2.45, 2.75) is 20.3 Å². The normalized spacial score (nSPS) is 14.9. The van der Waals surface area contributed by atoms with E-state index in [0.717, 1.165) is 37.6 Å². The number of nitrogens with zero attached hydrogens (tertiary/aromatic N) is 6. The minimum absolute atomic E-state index is 0.246. The molecule has 146 valence electrons. The molecule has 0 unspecified atom stereocenters. The molecule has 2 heterocycles. The fraction of sp³-hybridized carbons (Fsp3) is 0.421. The number of H-pyrrole nitrogens is 1. The summed E-state index contributed by atoms with van der Waals surface area (Å²) in [5, 5.41) is 25.6. The van der Waals surface area contributed by atoms with Crippen molar-refractivity contribution < 1.29 is 4.79 Å². The van der Waals surface area contributed by atoms with E-state index in [1.165, 1.54) is 0 Å². The molecule has 9 heteroatoms. The summed E-state index contributed by atoms with van der Waals surface area (Å²) in [5.41, 5.74) is 2.26. The smallest absolute Gasteiger partial charge is 0.222 e. The molecule has 1 aromatic carbocycles. The number of nitriles is 1. The van der Waals surface area contributed by atoms with Crippen LogP contribution in [0.5, 0.6) is 0 Å². The molecule has 28 heavy (non-hydrogen) atoms. The highest BCUT2D eigenvalue weighted by molar-refractivity contribution is 5.77. The molecule has 0 radical (unpaired) electrons. The van der Waals surface area contributed by atoms with Crippen LogP contribution in [0.3, 0.4) is 0 Å². The first-order chi connectivity index (χ1) is 13.6. The molecule has 0 aliphatic carbocycles. The zero-order chi connectivity index (χ0) is 19.9. The fourth-order valence-corrected chi connectivity index (χ4v) is 3.04. The number of nitrogens with one attached hydrogen (secondary N) is 2. The highest BCUT2D eigenvalue weighted by Crippen LogP contribution is 2.20. The molecular weight excluding hydrogens is 356 g/mol. The predicted molar refractivity (Wildman–Crippen MR) is 106 cm³/mol. The van der Waals surface area contributed by atoms with Gasteiger partial charge in [-0.25, -0.2) is 0 Å². The van der Waals surface area contributed by atoms with Gasteiger partial charge in [0.2, 0.25) is 11.7 Å². The topological polar surface area (TPSA) is 114 Å². The number of anilines is 2. The maximum Gasteiger partial charge on any atom is 0.222 e. The summed E-state index contributed by atoms with van der Waals surface area (Å²) in [6.07, 6.45) is 2.17. The standard InChI is InChI=1S/C19H24N8O/c1-14(2)11-18(28)27-9-7-26(8-10-27)17-5-3-16(4-6-17)21-13-15(12-20)19-22-24-25-23-19/h3-6,13-14,21H,7-11H2,1-2H3,(H,22,23,24,25). The largest absolute Gasteiger partial charge is 0.368 e. The Morgan fingerprint density at radius 3 is 2.57 bits per heavy atom. The molecule has 1 amide bonds. The van der Waals surface area contributed by atoms with Gasteiger partial charge in [0.05, 0.1) is 0 Å². The van der Waals surface area contributed by atoms with Gasteiger partial charge in [-0.05, 0) is 35.4 Å². The summed E-state index contributed by atoms with van der Waals surface area (Å²) < 4.78 is 0. The van der Waals surface area contributed by atoms with Crippen LogP contribution in [-0.4, -0.2) is 57.6 Å². The van der Waals surface area contributed by atoms with Crippen LogP contribution in [-0.2, 0) is 4.79 Å². The first-order valence-corrected chi connectivity index (χ1v) is 9.30. The average molecular weight is 380 g/mol. The lowest BCUT2D eigenvalue weighted by Crippen LogP contribution is -2.49. The first-order valence-electron chi connectivity index (χ1n) is 9.30. The second kappa shape index (κ2) is 8.99. The monoisotopic (exact) mass is 380 g/mol. The predicted octanol–water partition coefficient (Wildman–Crippen LogP) is 1.87. The van der Waals surface area contributed by atoms with E-state index in [2.05, 4.69) is 44.7 Å². The SMILES string of the molecule is CC(C)CC(=O)N1CCN(c2ccc(NC=C(C#N)c3nn[nH]n3)cc2)CC1. The number of benzene rings is 1. The molecule has 0 spiro atoms. The lowest BCUT2D eigenvalue weighted by atomic mass is 10.1.